The average molecular weight is 451 g/mol. The molecule has 0 saturated heterocycles. The van der Waals surface area contributed by atoms with E-state index in [4.69, 9.17) is 11.6 Å². The molecule has 0 spiro atoms. The lowest BCUT2D eigenvalue weighted by Crippen LogP contribution is -2.40. The molecule has 0 bridgehead atoms. The molecule has 2 aromatic rings. The smallest absolute Gasteiger partial charge is 0.227 e. The molecule has 2 rings (SSSR count). The van der Waals surface area contributed by atoms with Crippen molar-refractivity contribution < 1.29 is 9.59 Å². The molecular weight excluding hydrogens is 420 g/mol. The fourth-order valence-corrected chi connectivity index (χ4v) is 4.02. The topological polar surface area (TPSA) is 75.2 Å². The van der Waals surface area contributed by atoms with Gasteiger partial charge in [-0.1, -0.05) is 68.2 Å². The largest absolute Gasteiger partial charge is 0.339 e. The molecule has 1 heterocycles. The SMILES string of the molecule is CCCCCCC(=O)N(CCC(=O)Nc1nnc(-c2cccc(Cl)c2)s1)[C@H](C)CC. The lowest BCUT2D eigenvalue weighted by Gasteiger charge is -2.28. The van der Waals surface area contributed by atoms with E-state index >= 15 is 0 Å². The van der Waals surface area contributed by atoms with Gasteiger partial charge in [-0.3, -0.25) is 9.59 Å². The summed E-state index contributed by atoms with van der Waals surface area (Å²) in [5.74, 6) is -0.0386. The Morgan fingerprint density at radius 2 is 1.97 bits per heavy atom. The summed E-state index contributed by atoms with van der Waals surface area (Å²) < 4.78 is 0. The lowest BCUT2D eigenvalue weighted by atomic mass is 10.1. The first-order valence-electron chi connectivity index (χ1n) is 10.6. The molecule has 0 aliphatic heterocycles. The number of rotatable bonds is 12. The van der Waals surface area contributed by atoms with Gasteiger partial charge >= 0.3 is 0 Å². The molecule has 0 saturated carbocycles. The molecule has 1 N–H and O–H groups in total. The molecule has 0 aliphatic carbocycles. The molecule has 1 aromatic carbocycles. The average Bonchev–Trinajstić information content (AvgIpc) is 3.19. The van der Waals surface area contributed by atoms with Crippen LogP contribution in [0.15, 0.2) is 24.3 Å². The van der Waals surface area contributed by atoms with Crippen molar-refractivity contribution in [2.45, 2.75) is 71.8 Å². The third-order valence-electron chi connectivity index (χ3n) is 5.01. The number of nitrogens with one attached hydrogen (secondary N) is 1. The fraction of sp³-hybridized carbons (Fsp3) is 0.545. The van der Waals surface area contributed by atoms with Crippen LogP contribution in [-0.4, -0.2) is 39.5 Å². The second-order valence-electron chi connectivity index (χ2n) is 7.38. The first-order valence-corrected chi connectivity index (χ1v) is 11.8. The van der Waals surface area contributed by atoms with Gasteiger partial charge in [0.15, 0.2) is 0 Å². The van der Waals surface area contributed by atoms with Gasteiger partial charge in [-0.2, -0.15) is 0 Å². The molecular formula is C22H31ClN4O2S. The summed E-state index contributed by atoms with van der Waals surface area (Å²) in [7, 11) is 0. The highest BCUT2D eigenvalue weighted by Gasteiger charge is 2.20. The maximum absolute atomic E-state index is 12.6. The van der Waals surface area contributed by atoms with Crippen LogP contribution in [0.25, 0.3) is 10.6 Å². The predicted octanol–water partition coefficient (Wildman–Crippen LogP) is 5.78. The number of carbonyl (C=O) groups is 2. The van der Waals surface area contributed by atoms with E-state index in [9.17, 15) is 9.59 Å². The van der Waals surface area contributed by atoms with E-state index in [1.165, 1.54) is 11.3 Å². The van der Waals surface area contributed by atoms with Gasteiger partial charge in [-0.15, -0.1) is 10.2 Å². The summed E-state index contributed by atoms with van der Waals surface area (Å²) in [5.41, 5.74) is 0.858. The quantitative estimate of drug-likeness (QED) is 0.415. The number of anilines is 1. The predicted molar refractivity (Wildman–Crippen MR) is 124 cm³/mol. The van der Waals surface area contributed by atoms with Gasteiger partial charge in [0.1, 0.15) is 5.01 Å². The lowest BCUT2D eigenvalue weighted by molar-refractivity contribution is -0.133. The fourth-order valence-electron chi connectivity index (χ4n) is 3.07. The van der Waals surface area contributed by atoms with Crippen molar-refractivity contribution in [3.63, 3.8) is 0 Å². The Bertz CT molecular complexity index is 827. The Morgan fingerprint density at radius 1 is 1.17 bits per heavy atom. The second kappa shape index (κ2) is 12.6. The van der Waals surface area contributed by atoms with Crippen LogP contribution in [0.3, 0.4) is 0 Å². The zero-order chi connectivity index (χ0) is 21.9. The Kier molecular flexibility index (Phi) is 10.2. The normalized spacial score (nSPS) is 11.9. The first kappa shape index (κ1) is 24.3. The van der Waals surface area contributed by atoms with Crippen molar-refractivity contribution in [1.82, 2.24) is 15.1 Å². The number of aromatic nitrogens is 2. The third kappa shape index (κ3) is 7.69. The van der Waals surface area contributed by atoms with Crippen molar-refractivity contribution >= 4 is 39.9 Å². The minimum atomic E-state index is -0.170. The molecule has 6 nitrogen and oxygen atoms in total. The van der Waals surface area contributed by atoms with Gasteiger partial charge in [0.05, 0.1) is 0 Å². The number of hydrogen-bond donors (Lipinski definition) is 1. The highest BCUT2D eigenvalue weighted by atomic mass is 35.5. The van der Waals surface area contributed by atoms with Crippen LogP contribution in [0.2, 0.25) is 5.02 Å². The monoisotopic (exact) mass is 450 g/mol. The van der Waals surface area contributed by atoms with E-state index in [2.05, 4.69) is 29.4 Å². The maximum Gasteiger partial charge on any atom is 0.227 e. The van der Waals surface area contributed by atoms with Crippen molar-refractivity contribution in [3.05, 3.63) is 29.3 Å². The Balaban J connectivity index is 1.88. The summed E-state index contributed by atoms with van der Waals surface area (Å²) in [6.45, 7) is 6.65. The Labute approximate surface area is 188 Å². The van der Waals surface area contributed by atoms with Crippen LogP contribution in [0.1, 0.15) is 65.7 Å². The summed E-state index contributed by atoms with van der Waals surface area (Å²) in [6, 6.07) is 7.47. The molecule has 0 fully saturated rings. The van der Waals surface area contributed by atoms with Gasteiger partial charge < -0.3 is 10.2 Å². The number of hydrogen-bond acceptors (Lipinski definition) is 5. The Morgan fingerprint density at radius 3 is 2.67 bits per heavy atom. The first-order chi connectivity index (χ1) is 14.4. The number of benzene rings is 1. The van der Waals surface area contributed by atoms with E-state index in [1.54, 1.807) is 6.07 Å². The molecule has 1 atom stereocenters. The number of halogens is 1. The van der Waals surface area contributed by atoms with Crippen LogP contribution in [0.4, 0.5) is 5.13 Å². The number of carbonyl (C=O) groups excluding carboxylic acids is 2. The number of unbranched alkanes of at least 4 members (excludes halogenated alkanes) is 3. The van der Waals surface area contributed by atoms with Crippen molar-refractivity contribution in [2.75, 3.05) is 11.9 Å². The number of nitrogens with zero attached hydrogens (tertiary/aromatic N) is 3. The van der Waals surface area contributed by atoms with Gasteiger partial charge in [0.2, 0.25) is 16.9 Å². The minimum Gasteiger partial charge on any atom is -0.339 e. The maximum atomic E-state index is 12.6. The van der Waals surface area contributed by atoms with E-state index in [-0.39, 0.29) is 24.3 Å². The molecule has 0 radical (unpaired) electrons. The van der Waals surface area contributed by atoms with E-state index in [0.29, 0.717) is 28.1 Å². The van der Waals surface area contributed by atoms with Crippen LogP contribution in [0.5, 0.6) is 0 Å². The van der Waals surface area contributed by atoms with Gasteiger partial charge in [-0.25, -0.2) is 0 Å². The van der Waals surface area contributed by atoms with Gasteiger partial charge in [0, 0.05) is 36.0 Å². The molecule has 0 unspecified atom stereocenters. The molecule has 1 aromatic heterocycles. The van der Waals surface area contributed by atoms with Crippen molar-refractivity contribution in [2.24, 2.45) is 0 Å². The van der Waals surface area contributed by atoms with Crippen molar-refractivity contribution in [3.8, 4) is 10.6 Å². The molecule has 30 heavy (non-hydrogen) atoms. The van der Waals surface area contributed by atoms with E-state index < -0.39 is 0 Å². The second-order valence-corrected chi connectivity index (χ2v) is 8.79. The standard InChI is InChI=1S/C22H31ClN4O2S/c1-4-6-7-8-12-20(29)27(16(3)5-2)14-13-19(28)24-22-26-25-21(30-22)17-10-9-11-18(23)15-17/h9-11,15-16H,4-8,12-14H2,1-3H3,(H,24,26,28)/t16-/m1/s1. The summed E-state index contributed by atoms with van der Waals surface area (Å²) in [6.07, 6.45) is 5.92. The molecule has 2 amide bonds. The summed E-state index contributed by atoms with van der Waals surface area (Å²) in [4.78, 5) is 26.9. The van der Waals surface area contributed by atoms with Crippen LogP contribution >= 0.6 is 22.9 Å². The highest BCUT2D eigenvalue weighted by molar-refractivity contribution is 7.18. The van der Waals surface area contributed by atoms with Gasteiger partial charge in [0.25, 0.3) is 0 Å². The van der Waals surface area contributed by atoms with Gasteiger partial charge in [-0.05, 0) is 31.9 Å². The molecule has 164 valence electrons. The van der Waals surface area contributed by atoms with Crippen LogP contribution in [-0.2, 0) is 9.59 Å². The van der Waals surface area contributed by atoms with Crippen LogP contribution < -0.4 is 5.32 Å². The highest BCUT2D eigenvalue weighted by Crippen LogP contribution is 2.28. The van der Waals surface area contributed by atoms with Crippen LogP contribution in [0, 0.1) is 0 Å². The minimum absolute atomic E-state index is 0.118. The van der Waals surface area contributed by atoms with E-state index in [0.717, 1.165) is 37.7 Å². The van der Waals surface area contributed by atoms with Crippen molar-refractivity contribution in [1.29, 1.82) is 0 Å². The zero-order valence-electron chi connectivity index (χ0n) is 18.0. The molecule has 8 heteroatoms. The number of amides is 2. The summed E-state index contributed by atoms with van der Waals surface area (Å²) in [5, 5.41) is 12.7. The zero-order valence-corrected chi connectivity index (χ0v) is 19.6. The van der Waals surface area contributed by atoms with E-state index in [1.807, 2.05) is 30.0 Å². The molecule has 0 aliphatic rings. The Hall–Kier alpha value is -1.99. The third-order valence-corrected chi connectivity index (χ3v) is 6.13. The summed E-state index contributed by atoms with van der Waals surface area (Å²) >= 11 is 7.32.